The number of ether oxygens (including phenoxy) is 2. The van der Waals surface area contributed by atoms with Crippen molar-refractivity contribution in [2.24, 2.45) is 0 Å². The first-order chi connectivity index (χ1) is 8.81. The number of benzene rings is 1. The van der Waals surface area contributed by atoms with E-state index in [1.54, 1.807) is 19.4 Å². The third-order valence-corrected chi connectivity index (χ3v) is 2.33. The van der Waals surface area contributed by atoms with Crippen LogP contribution in [0.4, 0.5) is 0 Å². The second-order valence-electron chi connectivity index (χ2n) is 3.67. The Labute approximate surface area is 106 Å². The molecule has 0 spiro atoms. The lowest BCUT2D eigenvalue weighted by atomic mass is 10.3. The van der Waals surface area contributed by atoms with Crippen molar-refractivity contribution in [2.45, 2.75) is 13.5 Å². The van der Waals surface area contributed by atoms with Gasteiger partial charge in [0.2, 0.25) is 0 Å². The van der Waals surface area contributed by atoms with E-state index in [9.17, 15) is 0 Å². The maximum Gasteiger partial charge on any atom is 0.399 e. The van der Waals surface area contributed by atoms with E-state index in [0.29, 0.717) is 12.3 Å². The molecule has 1 aromatic carbocycles. The summed E-state index contributed by atoms with van der Waals surface area (Å²) in [6, 6.07) is 7.28. The summed E-state index contributed by atoms with van der Waals surface area (Å²) in [5.74, 6) is 1.36. The average Bonchev–Trinajstić information content (AvgIpc) is 2.84. The highest BCUT2D eigenvalue weighted by molar-refractivity contribution is 5.34. The minimum atomic E-state index is 0.233. The molecule has 1 N–H and O–H groups in total. The highest BCUT2D eigenvalue weighted by Gasteiger charge is 2.06. The fourth-order valence-corrected chi connectivity index (χ4v) is 1.44. The zero-order valence-corrected chi connectivity index (χ0v) is 10.5. The fraction of sp³-hybridized carbons (Fsp3) is 0.308. The number of aromatic nitrogens is 1. The number of hydrogen-bond acceptors (Lipinski definition) is 5. The highest BCUT2D eigenvalue weighted by atomic mass is 16.6. The molecule has 0 amide bonds. The maximum atomic E-state index is 5.50. The van der Waals surface area contributed by atoms with Crippen molar-refractivity contribution in [3.63, 3.8) is 0 Å². The van der Waals surface area contributed by atoms with E-state index in [2.05, 4.69) is 10.3 Å². The van der Waals surface area contributed by atoms with Gasteiger partial charge in [-0.15, -0.1) is 0 Å². The minimum absolute atomic E-state index is 0.233. The van der Waals surface area contributed by atoms with Crippen LogP contribution in [0.3, 0.4) is 0 Å². The Balaban J connectivity index is 2.01. The molecule has 2 aromatic rings. The number of nitrogens with one attached hydrogen (secondary N) is 1. The molecule has 0 unspecified atom stereocenters. The van der Waals surface area contributed by atoms with Crippen LogP contribution >= 0.6 is 0 Å². The molecule has 0 fully saturated rings. The lowest BCUT2D eigenvalue weighted by Crippen LogP contribution is -2.11. The standard InChI is InChI=1S/C13H16N2O3/c1-3-14-8-10-9-17-13(15-10)18-12-6-4-5-11(7-12)16-2/h4-7,9,14H,3,8H2,1-2H3. The van der Waals surface area contributed by atoms with E-state index in [1.807, 2.05) is 25.1 Å². The van der Waals surface area contributed by atoms with Crippen LogP contribution in [0.25, 0.3) is 0 Å². The molecule has 96 valence electrons. The lowest BCUT2D eigenvalue weighted by molar-refractivity contribution is 0.328. The van der Waals surface area contributed by atoms with Gasteiger partial charge in [0.1, 0.15) is 17.8 Å². The summed E-state index contributed by atoms with van der Waals surface area (Å²) in [5, 5.41) is 3.16. The van der Waals surface area contributed by atoms with Gasteiger partial charge in [-0.05, 0) is 18.7 Å². The molecule has 5 nitrogen and oxygen atoms in total. The monoisotopic (exact) mass is 248 g/mol. The number of nitrogens with zero attached hydrogens (tertiary/aromatic N) is 1. The van der Waals surface area contributed by atoms with Crippen LogP contribution in [-0.2, 0) is 6.54 Å². The molecule has 0 aliphatic rings. The molecule has 0 saturated heterocycles. The maximum absolute atomic E-state index is 5.50. The molecule has 0 radical (unpaired) electrons. The Kier molecular flexibility index (Phi) is 4.20. The first-order valence-corrected chi connectivity index (χ1v) is 5.79. The molecule has 5 heteroatoms. The number of hydrogen-bond donors (Lipinski definition) is 1. The number of oxazole rings is 1. The van der Waals surface area contributed by atoms with Gasteiger partial charge in [-0.2, -0.15) is 4.98 Å². The molecule has 0 atom stereocenters. The predicted octanol–water partition coefficient (Wildman–Crippen LogP) is 2.59. The molecule has 0 aliphatic heterocycles. The second-order valence-corrected chi connectivity index (χ2v) is 3.67. The van der Waals surface area contributed by atoms with Crippen molar-refractivity contribution in [1.29, 1.82) is 0 Å². The quantitative estimate of drug-likeness (QED) is 0.851. The van der Waals surface area contributed by atoms with Gasteiger partial charge in [-0.3, -0.25) is 0 Å². The van der Waals surface area contributed by atoms with Gasteiger partial charge in [-0.25, -0.2) is 0 Å². The van der Waals surface area contributed by atoms with Gasteiger partial charge in [0.15, 0.2) is 0 Å². The van der Waals surface area contributed by atoms with Gasteiger partial charge < -0.3 is 19.2 Å². The van der Waals surface area contributed by atoms with Crippen molar-refractivity contribution in [3.8, 4) is 17.6 Å². The molecular weight excluding hydrogens is 232 g/mol. The Bertz CT molecular complexity index is 496. The smallest absolute Gasteiger partial charge is 0.399 e. The average molecular weight is 248 g/mol. The molecule has 0 saturated carbocycles. The van der Waals surface area contributed by atoms with Crippen LogP contribution in [-0.4, -0.2) is 18.6 Å². The summed E-state index contributed by atoms with van der Waals surface area (Å²) >= 11 is 0. The molecule has 1 heterocycles. The Morgan fingerprint density at radius 3 is 2.94 bits per heavy atom. The summed E-state index contributed by atoms with van der Waals surface area (Å²) in [6.45, 7) is 3.59. The zero-order chi connectivity index (χ0) is 12.8. The Morgan fingerprint density at radius 2 is 2.17 bits per heavy atom. The normalized spacial score (nSPS) is 10.3. The zero-order valence-electron chi connectivity index (χ0n) is 10.5. The molecule has 0 aliphatic carbocycles. The van der Waals surface area contributed by atoms with E-state index in [4.69, 9.17) is 13.9 Å². The van der Waals surface area contributed by atoms with E-state index in [1.165, 1.54) is 0 Å². The van der Waals surface area contributed by atoms with E-state index < -0.39 is 0 Å². The van der Waals surface area contributed by atoms with Crippen molar-refractivity contribution in [2.75, 3.05) is 13.7 Å². The topological polar surface area (TPSA) is 56.5 Å². The lowest BCUT2D eigenvalue weighted by Gasteiger charge is -2.03. The SMILES string of the molecule is CCNCc1coc(Oc2cccc(OC)c2)n1. The number of rotatable bonds is 6. The van der Waals surface area contributed by atoms with Gasteiger partial charge in [0.05, 0.1) is 12.8 Å². The van der Waals surface area contributed by atoms with Crippen LogP contribution in [0.5, 0.6) is 17.6 Å². The molecule has 1 aromatic heterocycles. The third kappa shape index (κ3) is 3.24. The molecular formula is C13H16N2O3. The van der Waals surface area contributed by atoms with Gasteiger partial charge in [0.25, 0.3) is 0 Å². The van der Waals surface area contributed by atoms with Crippen molar-refractivity contribution in [3.05, 3.63) is 36.2 Å². The van der Waals surface area contributed by atoms with Crippen LogP contribution in [0.1, 0.15) is 12.6 Å². The first-order valence-electron chi connectivity index (χ1n) is 5.79. The molecule has 18 heavy (non-hydrogen) atoms. The summed E-state index contributed by atoms with van der Waals surface area (Å²) in [4.78, 5) is 4.21. The van der Waals surface area contributed by atoms with Gasteiger partial charge in [0, 0.05) is 12.6 Å². The van der Waals surface area contributed by atoms with Crippen LogP contribution in [0.15, 0.2) is 34.9 Å². The highest BCUT2D eigenvalue weighted by Crippen LogP contribution is 2.24. The minimum Gasteiger partial charge on any atom is -0.497 e. The summed E-state index contributed by atoms with van der Waals surface area (Å²) in [7, 11) is 1.61. The molecule has 2 rings (SSSR count). The van der Waals surface area contributed by atoms with Crippen molar-refractivity contribution in [1.82, 2.24) is 10.3 Å². The van der Waals surface area contributed by atoms with Crippen LogP contribution in [0.2, 0.25) is 0 Å². The van der Waals surface area contributed by atoms with Crippen molar-refractivity contribution >= 4 is 0 Å². The summed E-state index contributed by atoms with van der Waals surface area (Å²) in [6.07, 6.45) is 1.81. The fourth-order valence-electron chi connectivity index (χ4n) is 1.44. The van der Waals surface area contributed by atoms with Crippen LogP contribution < -0.4 is 14.8 Å². The Morgan fingerprint density at radius 1 is 1.33 bits per heavy atom. The summed E-state index contributed by atoms with van der Waals surface area (Å²) < 4.78 is 15.8. The Hall–Kier alpha value is -2.01. The summed E-state index contributed by atoms with van der Waals surface area (Å²) in [5.41, 5.74) is 0.815. The predicted molar refractivity (Wildman–Crippen MR) is 67.0 cm³/mol. The first kappa shape index (κ1) is 12.4. The largest absolute Gasteiger partial charge is 0.497 e. The van der Waals surface area contributed by atoms with Gasteiger partial charge >= 0.3 is 6.08 Å². The third-order valence-electron chi connectivity index (χ3n) is 2.33. The van der Waals surface area contributed by atoms with E-state index >= 15 is 0 Å². The van der Waals surface area contributed by atoms with E-state index in [-0.39, 0.29) is 6.08 Å². The van der Waals surface area contributed by atoms with Crippen LogP contribution in [0, 0.1) is 0 Å². The number of methoxy groups -OCH3 is 1. The van der Waals surface area contributed by atoms with Gasteiger partial charge in [-0.1, -0.05) is 13.0 Å². The van der Waals surface area contributed by atoms with Crippen molar-refractivity contribution < 1.29 is 13.9 Å². The van der Waals surface area contributed by atoms with E-state index in [0.717, 1.165) is 18.0 Å². The second kappa shape index (κ2) is 6.07. The molecule has 0 bridgehead atoms.